The quantitative estimate of drug-likeness (QED) is 0.413. The Morgan fingerprint density at radius 2 is 1.37 bits per heavy atom. The first-order valence-electron chi connectivity index (χ1n) is 9.25. The summed E-state index contributed by atoms with van der Waals surface area (Å²) in [5.41, 5.74) is 3.69. The summed E-state index contributed by atoms with van der Waals surface area (Å²) < 4.78 is 0. The van der Waals surface area contributed by atoms with Gasteiger partial charge in [0.1, 0.15) is 0 Å². The second-order valence-electron chi connectivity index (χ2n) is 7.00. The fraction of sp³-hybridized carbons (Fsp3) is 0.0833. The molecule has 4 rings (SSSR count). The van der Waals surface area contributed by atoms with Crippen LogP contribution in [0, 0.1) is 13.8 Å². The van der Waals surface area contributed by atoms with Crippen molar-refractivity contribution < 1.29 is 9.59 Å². The lowest BCUT2D eigenvalue weighted by Crippen LogP contribution is -2.31. The molecule has 1 aliphatic rings. The van der Waals surface area contributed by atoms with E-state index in [-0.39, 0.29) is 11.8 Å². The fourth-order valence-electron chi connectivity index (χ4n) is 3.38. The molecule has 150 valence electrons. The van der Waals surface area contributed by atoms with Crippen molar-refractivity contribution in [1.82, 2.24) is 0 Å². The molecule has 0 N–H and O–H groups in total. The average molecular weight is 454 g/mol. The summed E-state index contributed by atoms with van der Waals surface area (Å²) in [4.78, 5) is 29.3. The van der Waals surface area contributed by atoms with Gasteiger partial charge in [-0.3, -0.25) is 9.59 Å². The minimum absolute atomic E-state index is 0.342. The predicted octanol–water partition coefficient (Wildman–Crippen LogP) is 6.69. The number of aryl methyl sites for hydroxylation is 2. The molecule has 0 aliphatic carbocycles. The number of anilines is 1. The summed E-state index contributed by atoms with van der Waals surface area (Å²) in [6.45, 7) is 3.94. The lowest BCUT2D eigenvalue weighted by Gasteiger charge is -2.15. The van der Waals surface area contributed by atoms with E-state index in [1.54, 1.807) is 36.4 Å². The van der Waals surface area contributed by atoms with Gasteiger partial charge in [0, 0.05) is 14.9 Å². The first kappa shape index (κ1) is 20.7. The zero-order valence-electron chi connectivity index (χ0n) is 16.3. The molecule has 0 saturated heterocycles. The number of nitrogens with zero attached hydrogens (tertiary/aromatic N) is 1. The molecule has 1 aliphatic heterocycles. The van der Waals surface area contributed by atoms with Gasteiger partial charge < -0.3 is 0 Å². The summed E-state index contributed by atoms with van der Waals surface area (Å²) >= 11 is 13.3. The van der Waals surface area contributed by atoms with Crippen molar-refractivity contribution in [2.24, 2.45) is 0 Å². The van der Waals surface area contributed by atoms with Gasteiger partial charge in [-0.05, 0) is 73.5 Å². The maximum absolute atomic E-state index is 13.5. The Hall–Kier alpha value is -2.53. The SMILES string of the molecule is Cc1ccc(C2=C(Sc3ccc(Cl)cc3)C(=O)N(c3ccc(Cl)cc3)C2=O)c(C)c1. The molecule has 3 aromatic carbocycles. The molecule has 0 fully saturated rings. The molecule has 3 nitrogen and oxygen atoms in total. The maximum Gasteiger partial charge on any atom is 0.272 e. The Labute approximate surface area is 189 Å². The van der Waals surface area contributed by atoms with Crippen LogP contribution >= 0.6 is 35.0 Å². The summed E-state index contributed by atoms with van der Waals surface area (Å²) in [7, 11) is 0. The van der Waals surface area contributed by atoms with Gasteiger partial charge in [-0.15, -0.1) is 0 Å². The van der Waals surface area contributed by atoms with Gasteiger partial charge in [-0.1, -0.05) is 58.7 Å². The van der Waals surface area contributed by atoms with Gasteiger partial charge in [-0.25, -0.2) is 4.90 Å². The number of rotatable bonds is 4. The van der Waals surface area contributed by atoms with E-state index >= 15 is 0 Å². The molecule has 1 heterocycles. The minimum Gasteiger partial charge on any atom is -0.268 e. The lowest BCUT2D eigenvalue weighted by atomic mass is 9.99. The van der Waals surface area contributed by atoms with Crippen LogP contribution in [0.5, 0.6) is 0 Å². The third-order valence-electron chi connectivity index (χ3n) is 4.81. The van der Waals surface area contributed by atoms with Crippen molar-refractivity contribution in [2.45, 2.75) is 18.7 Å². The minimum atomic E-state index is -0.350. The van der Waals surface area contributed by atoms with Gasteiger partial charge in [0.2, 0.25) is 0 Å². The van der Waals surface area contributed by atoms with E-state index in [0.717, 1.165) is 21.6 Å². The van der Waals surface area contributed by atoms with E-state index < -0.39 is 0 Å². The summed E-state index contributed by atoms with van der Waals surface area (Å²) in [6.07, 6.45) is 0. The summed E-state index contributed by atoms with van der Waals surface area (Å²) in [5, 5.41) is 1.15. The maximum atomic E-state index is 13.5. The predicted molar refractivity (Wildman–Crippen MR) is 124 cm³/mol. The largest absolute Gasteiger partial charge is 0.272 e. The van der Waals surface area contributed by atoms with Gasteiger partial charge in [0.15, 0.2) is 0 Å². The third-order valence-corrected chi connectivity index (χ3v) is 6.41. The molecule has 0 spiro atoms. The first-order chi connectivity index (χ1) is 14.3. The zero-order valence-corrected chi connectivity index (χ0v) is 18.6. The molecule has 0 aromatic heterocycles. The first-order valence-corrected chi connectivity index (χ1v) is 10.8. The Morgan fingerprint density at radius 3 is 1.97 bits per heavy atom. The van der Waals surface area contributed by atoms with Crippen molar-refractivity contribution in [3.05, 3.63) is 98.4 Å². The van der Waals surface area contributed by atoms with E-state index in [1.807, 2.05) is 44.2 Å². The molecule has 0 unspecified atom stereocenters. The molecule has 30 heavy (non-hydrogen) atoms. The van der Waals surface area contributed by atoms with Crippen molar-refractivity contribution in [1.29, 1.82) is 0 Å². The average Bonchev–Trinajstić information content (AvgIpc) is 2.95. The zero-order chi connectivity index (χ0) is 21.4. The van der Waals surface area contributed by atoms with Crippen LogP contribution in [0.15, 0.2) is 76.5 Å². The van der Waals surface area contributed by atoms with Crippen LogP contribution in [0.3, 0.4) is 0 Å². The van der Waals surface area contributed by atoms with Gasteiger partial charge in [0.25, 0.3) is 11.8 Å². The monoisotopic (exact) mass is 453 g/mol. The molecule has 0 saturated carbocycles. The molecular formula is C24H17Cl2NO2S. The van der Waals surface area contributed by atoms with Gasteiger partial charge in [0.05, 0.1) is 16.2 Å². The lowest BCUT2D eigenvalue weighted by molar-refractivity contribution is -0.119. The van der Waals surface area contributed by atoms with E-state index in [0.29, 0.717) is 26.2 Å². The molecule has 2 amide bonds. The van der Waals surface area contributed by atoms with E-state index in [1.165, 1.54) is 16.7 Å². The second kappa shape index (κ2) is 8.31. The number of halogens is 2. The topological polar surface area (TPSA) is 37.4 Å². The van der Waals surface area contributed by atoms with Crippen LogP contribution in [0.2, 0.25) is 10.0 Å². The number of imide groups is 1. The highest BCUT2D eigenvalue weighted by atomic mass is 35.5. The Bertz CT molecular complexity index is 1180. The normalized spacial score (nSPS) is 14.1. The Kier molecular flexibility index (Phi) is 5.74. The molecular weight excluding hydrogens is 437 g/mol. The number of hydrogen-bond donors (Lipinski definition) is 0. The summed E-state index contributed by atoms with van der Waals surface area (Å²) in [5.74, 6) is -0.692. The number of benzene rings is 3. The number of carbonyl (C=O) groups excluding carboxylic acids is 2. The fourth-order valence-corrected chi connectivity index (χ4v) is 4.62. The van der Waals surface area contributed by atoms with Crippen LogP contribution < -0.4 is 4.90 Å². The second-order valence-corrected chi connectivity index (χ2v) is 8.96. The van der Waals surface area contributed by atoms with Crippen molar-refractivity contribution >= 4 is 58.0 Å². The Morgan fingerprint density at radius 1 is 0.767 bits per heavy atom. The molecule has 3 aromatic rings. The van der Waals surface area contributed by atoms with Crippen LogP contribution in [0.4, 0.5) is 5.69 Å². The van der Waals surface area contributed by atoms with Crippen LogP contribution in [-0.2, 0) is 9.59 Å². The van der Waals surface area contributed by atoms with Gasteiger partial charge >= 0.3 is 0 Å². The van der Waals surface area contributed by atoms with Crippen molar-refractivity contribution in [3.63, 3.8) is 0 Å². The van der Waals surface area contributed by atoms with E-state index in [9.17, 15) is 9.59 Å². The highest BCUT2D eigenvalue weighted by Crippen LogP contribution is 2.42. The smallest absolute Gasteiger partial charge is 0.268 e. The van der Waals surface area contributed by atoms with Gasteiger partial charge in [-0.2, -0.15) is 0 Å². The highest BCUT2D eigenvalue weighted by molar-refractivity contribution is 8.04. The van der Waals surface area contributed by atoms with Crippen LogP contribution in [-0.4, -0.2) is 11.8 Å². The van der Waals surface area contributed by atoms with Crippen molar-refractivity contribution in [3.8, 4) is 0 Å². The van der Waals surface area contributed by atoms with E-state index in [4.69, 9.17) is 23.2 Å². The van der Waals surface area contributed by atoms with E-state index in [2.05, 4.69) is 0 Å². The molecule has 6 heteroatoms. The highest BCUT2D eigenvalue weighted by Gasteiger charge is 2.40. The standard InChI is InChI=1S/C24H17Cl2NO2S/c1-14-3-12-20(15(2)13-14)21-22(30-19-10-6-17(26)7-11-19)24(29)27(23(21)28)18-8-4-16(25)5-9-18/h3-13H,1-2H3. The van der Waals surface area contributed by atoms with Crippen molar-refractivity contribution in [2.75, 3.05) is 4.90 Å². The summed E-state index contributed by atoms with van der Waals surface area (Å²) in [6, 6.07) is 19.7. The third kappa shape index (κ3) is 3.91. The van der Waals surface area contributed by atoms with Crippen LogP contribution in [0.1, 0.15) is 16.7 Å². The molecule has 0 bridgehead atoms. The number of thioether (sulfide) groups is 1. The number of hydrogen-bond acceptors (Lipinski definition) is 3. The van der Waals surface area contributed by atoms with Crippen LogP contribution in [0.25, 0.3) is 5.57 Å². The Balaban J connectivity index is 1.84. The number of amides is 2. The molecule has 0 atom stereocenters. The number of carbonyl (C=O) groups is 2. The molecule has 0 radical (unpaired) electrons.